The molecule has 1 amide bonds. The normalized spacial score (nSPS) is 11.6. The lowest BCUT2D eigenvalue weighted by Crippen LogP contribution is -2.40. The molecule has 148 valence electrons. The van der Waals surface area contributed by atoms with Crippen LogP contribution in [0.25, 0.3) is 0 Å². The number of methoxy groups -OCH3 is 1. The van der Waals surface area contributed by atoms with Gasteiger partial charge in [0.05, 0.1) is 29.9 Å². The number of benzene rings is 1. The monoisotopic (exact) mass is 414 g/mol. The molecule has 0 atom stereocenters. The van der Waals surface area contributed by atoms with Gasteiger partial charge in [0.2, 0.25) is 15.9 Å². The number of amides is 1. The van der Waals surface area contributed by atoms with Crippen molar-refractivity contribution < 1.29 is 17.9 Å². The molecule has 1 aromatic heterocycles. The largest absolute Gasteiger partial charge is 0.495 e. The number of hydrogen-bond donors (Lipinski definition) is 1. The fourth-order valence-corrected chi connectivity index (χ4v) is 4.20. The summed E-state index contributed by atoms with van der Waals surface area (Å²) in [7, 11) is -2.39. The number of aromatic nitrogens is 2. The molecule has 2 rings (SSSR count). The van der Waals surface area contributed by atoms with Crippen LogP contribution in [0.3, 0.4) is 0 Å². The molecule has 1 N–H and O–H groups in total. The van der Waals surface area contributed by atoms with E-state index in [2.05, 4.69) is 10.3 Å². The Kier molecular flexibility index (Phi) is 7.64. The van der Waals surface area contributed by atoms with E-state index in [1.54, 1.807) is 19.4 Å². The first-order valence-electron chi connectivity index (χ1n) is 8.44. The topological polar surface area (TPSA) is 93.5 Å². The third-order valence-electron chi connectivity index (χ3n) is 3.91. The third kappa shape index (κ3) is 5.69. The van der Waals surface area contributed by atoms with Crippen molar-refractivity contribution in [3.63, 3.8) is 0 Å². The molecule has 1 aromatic carbocycles. The zero-order valence-electron chi connectivity index (χ0n) is 15.3. The second-order valence-corrected chi connectivity index (χ2v) is 8.08. The van der Waals surface area contributed by atoms with Crippen LogP contribution in [0.15, 0.2) is 41.8 Å². The Bertz CT molecular complexity index is 856. The van der Waals surface area contributed by atoms with Crippen LogP contribution >= 0.6 is 11.6 Å². The summed E-state index contributed by atoms with van der Waals surface area (Å²) in [6.07, 6.45) is 5.95. The molecule has 2 aromatic rings. The van der Waals surface area contributed by atoms with Gasteiger partial charge in [-0.2, -0.15) is 4.31 Å². The van der Waals surface area contributed by atoms with Crippen LogP contribution in [-0.4, -0.2) is 54.9 Å². The van der Waals surface area contributed by atoms with Gasteiger partial charge in [0.25, 0.3) is 0 Å². The van der Waals surface area contributed by atoms with E-state index in [4.69, 9.17) is 16.3 Å². The molecule has 8 nitrogen and oxygen atoms in total. The molecule has 10 heteroatoms. The lowest BCUT2D eigenvalue weighted by molar-refractivity contribution is -0.121. The Hall–Kier alpha value is -2.10. The zero-order chi connectivity index (χ0) is 19.9. The summed E-state index contributed by atoms with van der Waals surface area (Å²) in [6.45, 7) is 2.75. The van der Waals surface area contributed by atoms with Gasteiger partial charge in [0, 0.05) is 32.0 Å². The van der Waals surface area contributed by atoms with E-state index in [9.17, 15) is 13.2 Å². The number of halogens is 1. The number of carbonyl (C=O) groups excluding carboxylic acids is 1. The van der Waals surface area contributed by atoms with Gasteiger partial charge in [0.1, 0.15) is 5.75 Å². The highest BCUT2D eigenvalue weighted by Gasteiger charge is 2.26. The SMILES string of the molecule is CCN(CC(=O)NCCCn1ccnc1)S(=O)(=O)c1ccc(OC)c(Cl)c1. The van der Waals surface area contributed by atoms with Gasteiger partial charge < -0.3 is 14.6 Å². The second kappa shape index (κ2) is 9.72. The first-order valence-corrected chi connectivity index (χ1v) is 10.3. The fourth-order valence-electron chi connectivity index (χ4n) is 2.45. The maximum atomic E-state index is 12.8. The highest BCUT2D eigenvalue weighted by atomic mass is 35.5. The molecular formula is C17H23ClN4O4S. The minimum absolute atomic E-state index is 0.0167. The molecule has 1 heterocycles. The van der Waals surface area contributed by atoms with Crippen molar-refractivity contribution in [3.05, 3.63) is 41.9 Å². The maximum Gasteiger partial charge on any atom is 0.243 e. The first-order chi connectivity index (χ1) is 12.9. The van der Waals surface area contributed by atoms with Gasteiger partial charge in [-0.1, -0.05) is 18.5 Å². The van der Waals surface area contributed by atoms with Crippen LogP contribution in [0, 0.1) is 0 Å². The van der Waals surface area contributed by atoms with Crippen molar-refractivity contribution in [2.75, 3.05) is 26.7 Å². The molecule has 0 radical (unpaired) electrons. The quantitative estimate of drug-likeness (QED) is 0.598. The minimum atomic E-state index is -3.84. The Labute approximate surface area is 164 Å². The molecule has 0 saturated heterocycles. The maximum absolute atomic E-state index is 12.8. The average Bonchev–Trinajstić information content (AvgIpc) is 3.16. The van der Waals surface area contributed by atoms with Crippen molar-refractivity contribution in [1.82, 2.24) is 19.2 Å². The number of aryl methyl sites for hydroxylation is 1. The summed E-state index contributed by atoms with van der Waals surface area (Å²) >= 11 is 6.02. The van der Waals surface area contributed by atoms with Crippen molar-refractivity contribution >= 4 is 27.5 Å². The van der Waals surface area contributed by atoms with Crippen LogP contribution in [0.1, 0.15) is 13.3 Å². The number of carbonyl (C=O) groups is 1. The van der Waals surface area contributed by atoms with Gasteiger partial charge in [-0.25, -0.2) is 13.4 Å². The highest BCUT2D eigenvalue weighted by Crippen LogP contribution is 2.28. The minimum Gasteiger partial charge on any atom is -0.495 e. The van der Waals surface area contributed by atoms with Crippen LogP contribution < -0.4 is 10.1 Å². The van der Waals surface area contributed by atoms with Crippen LogP contribution in [0.4, 0.5) is 0 Å². The van der Waals surface area contributed by atoms with Crippen LogP contribution in [-0.2, 0) is 21.4 Å². The van der Waals surface area contributed by atoms with Gasteiger partial charge in [-0.3, -0.25) is 4.79 Å². The van der Waals surface area contributed by atoms with E-state index in [1.165, 1.54) is 25.3 Å². The summed E-state index contributed by atoms with van der Waals surface area (Å²) in [6, 6.07) is 4.21. The van der Waals surface area contributed by atoms with E-state index in [0.29, 0.717) is 12.3 Å². The third-order valence-corrected chi connectivity index (χ3v) is 6.12. The van der Waals surface area contributed by atoms with Gasteiger partial charge in [-0.05, 0) is 24.6 Å². The smallest absolute Gasteiger partial charge is 0.243 e. The predicted molar refractivity (Wildman–Crippen MR) is 102 cm³/mol. The molecule has 0 bridgehead atoms. The molecule has 0 aliphatic heterocycles. The van der Waals surface area contributed by atoms with E-state index < -0.39 is 10.0 Å². The number of sulfonamides is 1. The Morgan fingerprint density at radius 1 is 1.41 bits per heavy atom. The predicted octanol–water partition coefficient (Wildman–Crippen LogP) is 1.76. The lowest BCUT2D eigenvalue weighted by Gasteiger charge is -2.20. The number of rotatable bonds is 10. The number of likely N-dealkylation sites (N-methyl/N-ethyl adjacent to an activating group) is 1. The number of nitrogens with one attached hydrogen (secondary N) is 1. The molecule has 27 heavy (non-hydrogen) atoms. The van der Waals surface area contributed by atoms with Gasteiger partial charge >= 0.3 is 0 Å². The van der Waals surface area contributed by atoms with E-state index in [1.807, 2.05) is 10.8 Å². The zero-order valence-corrected chi connectivity index (χ0v) is 16.8. The Morgan fingerprint density at radius 2 is 2.19 bits per heavy atom. The molecule has 0 aliphatic carbocycles. The van der Waals surface area contributed by atoms with Crippen molar-refractivity contribution in [2.24, 2.45) is 0 Å². The lowest BCUT2D eigenvalue weighted by atomic mass is 10.3. The van der Waals surface area contributed by atoms with Gasteiger partial charge in [-0.15, -0.1) is 0 Å². The molecule has 0 saturated carbocycles. The van der Waals surface area contributed by atoms with Crippen molar-refractivity contribution in [2.45, 2.75) is 24.8 Å². The number of nitrogens with zero attached hydrogens (tertiary/aromatic N) is 3. The molecule has 0 fully saturated rings. The summed E-state index contributed by atoms with van der Waals surface area (Å²) in [5.74, 6) is 0.0277. The number of hydrogen-bond acceptors (Lipinski definition) is 5. The Balaban J connectivity index is 1.93. The van der Waals surface area contributed by atoms with Gasteiger partial charge in [0.15, 0.2) is 0 Å². The van der Waals surface area contributed by atoms with Crippen LogP contribution in [0.2, 0.25) is 5.02 Å². The van der Waals surface area contributed by atoms with E-state index in [0.717, 1.165) is 17.3 Å². The van der Waals surface area contributed by atoms with E-state index in [-0.39, 0.29) is 28.9 Å². The van der Waals surface area contributed by atoms with Crippen molar-refractivity contribution in [1.29, 1.82) is 0 Å². The van der Waals surface area contributed by atoms with Crippen LogP contribution in [0.5, 0.6) is 5.75 Å². The number of ether oxygens (including phenoxy) is 1. The Morgan fingerprint density at radius 3 is 2.78 bits per heavy atom. The second-order valence-electron chi connectivity index (χ2n) is 5.73. The highest BCUT2D eigenvalue weighted by molar-refractivity contribution is 7.89. The molecule has 0 aliphatic rings. The molecule has 0 spiro atoms. The standard InChI is InChI=1S/C17H23ClN4O4S/c1-3-22(12-17(23)20-7-4-9-21-10-8-19-13-21)27(24,25)14-5-6-16(26-2)15(18)11-14/h5-6,8,10-11,13H,3-4,7,9,12H2,1-2H3,(H,20,23). The summed E-state index contributed by atoms with van der Waals surface area (Å²) < 4.78 is 33.6. The van der Waals surface area contributed by atoms with E-state index >= 15 is 0 Å². The molecule has 0 unspecified atom stereocenters. The molecular weight excluding hydrogens is 392 g/mol. The average molecular weight is 415 g/mol. The summed E-state index contributed by atoms with van der Waals surface area (Å²) in [4.78, 5) is 16.1. The summed E-state index contributed by atoms with van der Waals surface area (Å²) in [5, 5.41) is 2.93. The first kappa shape index (κ1) is 21.2. The fraction of sp³-hybridized carbons (Fsp3) is 0.412. The number of imidazole rings is 1. The van der Waals surface area contributed by atoms with Crippen molar-refractivity contribution in [3.8, 4) is 5.75 Å². The summed E-state index contributed by atoms with van der Waals surface area (Å²) in [5.41, 5.74) is 0.